The number of amides is 2. The van der Waals surface area contributed by atoms with Gasteiger partial charge in [0.25, 0.3) is 11.8 Å². The number of aliphatic hydroxyl groups is 2. The van der Waals surface area contributed by atoms with Gasteiger partial charge < -0.3 is 29.9 Å². The number of ether oxygens (including phenoxy) is 1. The van der Waals surface area contributed by atoms with E-state index in [9.17, 15) is 47.4 Å². The van der Waals surface area contributed by atoms with Gasteiger partial charge in [-0.1, -0.05) is 35.5 Å². The number of aryl methyl sites for hydroxylation is 2. The van der Waals surface area contributed by atoms with Gasteiger partial charge in [0.05, 0.1) is 7.11 Å². The molecule has 2 saturated heterocycles. The second-order valence-corrected chi connectivity index (χ2v) is 15.0. The van der Waals surface area contributed by atoms with E-state index < -0.39 is 36.6 Å². The number of carbonyl (C=O) groups excluding carboxylic acids is 3. The molecule has 6 aromatic rings. The molecule has 2 amide bonds. The zero-order chi connectivity index (χ0) is 49.8. The molecule has 2 atom stereocenters. The second kappa shape index (κ2) is 24.8. The van der Waals surface area contributed by atoms with Crippen LogP contribution in [0.1, 0.15) is 56.3 Å². The molecule has 3 N–H and O–H groups in total. The Morgan fingerprint density at radius 2 is 1.30 bits per heavy atom. The number of hydrogen-bond acceptors (Lipinski definition) is 13. The van der Waals surface area contributed by atoms with Gasteiger partial charge in [-0.2, -0.15) is 45.5 Å². The van der Waals surface area contributed by atoms with E-state index in [1.54, 1.807) is 73.6 Å². The van der Waals surface area contributed by atoms with Crippen molar-refractivity contribution in [1.29, 1.82) is 0 Å². The van der Waals surface area contributed by atoms with Gasteiger partial charge in [0, 0.05) is 87.1 Å². The van der Waals surface area contributed by atoms with Crippen LogP contribution >= 0.6 is 11.6 Å². The molecule has 0 saturated carbocycles. The molecule has 4 aromatic heterocycles. The summed E-state index contributed by atoms with van der Waals surface area (Å²) in [5, 5.41) is 38.2. The molecular weight excluding hydrogens is 951 g/mol. The summed E-state index contributed by atoms with van der Waals surface area (Å²) < 4.78 is 36.7. The Bertz CT molecular complexity index is 2940. The number of rotatable bonds is 5. The number of methoxy groups -OCH3 is 1. The third-order valence-corrected chi connectivity index (χ3v) is 9.95. The van der Waals surface area contributed by atoms with E-state index in [0.717, 1.165) is 17.0 Å². The molecule has 6 heterocycles. The summed E-state index contributed by atoms with van der Waals surface area (Å²) in [7, 11) is 0.893. The van der Waals surface area contributed by atoms with Crippen LogP contribution < -0.4 is 51.4 Å². The molecule has 2 aliphatic heterocycles. The predicted octanol–water partition coefficient (Wildman–Crippen LogP) is 1.01. The van der Waals surface area contributed by atoms with Crippen molar-refractivity contribution in [3.05, 3.63) is 130 Å². The summed E-state index contributed by atoms with van der Waals surface area (Å²) in [4.78, 5) is 66.0. The number of hydrogen-bond donors (Lipinski definition) is 3. The van der Waals surface area contributed by atoms with Gasteiger partial charge in [0.1, 0.15) is 0 Å². The number of aromatic nitrogens is 8. The van der Waals surface area contributed by atoms with Crippen LogP contribution in [0.5, 0.6) is 0 Å². The fraction of sp³-hybridized carbons (Fsp3) is 0.244. The summed E-state index contributed by atoms with van der Waals surface area (Å²) in [6, 6.07) is 23.3. The van der Waals surface area contributed by atoms with Gasteiger partial charge in [-0.05, 0) is 49.7 Å². The van der Waals surface area contributed by atoms with Crippen molar-refractivity contribution in [2.75, 3.05) is 34.3 Å². The number of aromatic carboxylic acids is 1. The number of halogens is 4. The van der Waals surface area contributed by atoms with E-state index in [-0.39, 0.29) is 86.2 Å². The van der Waals surface area contributed by atoms with Gasteiger partial charge in [-0.3, -0.25) is 22.5 Å². The topological polar surface area (TPSA) is 232 Å². The molecule has 69 heavy (non-hydrogen) atoms. The summed E-state index contributed by atoms with van der Waals surface area (Å²) in [6.45, 7) is 4.68. The maximum absolute atomic E-state index is 12.1. The van der Waals surface area contributed by atoms with E-state index in [2.05, 4.69) is 64.6 Å². The van der Waals surface area contributed by atoms with Crippen LogP contribution in [-0.2, 0) is 14.3 Å². The average Bonchev–Trinajstić information content (AvgIpc) is 4.09. The van der Waals surface area contributed by atoms with E-state index in [4.69, 9.17) is 11.6 Å². The molecule has 0 unspecified atom stereocenters. The van der Waals surface area contributed by atoms with Gasteiger partial charge >= 0.3 is 70.9 Å². The first-order valence-electron chi connectivity index (χ1n) is 20.0. The molecule has 0 aliphatic carbocycles. The van der Waals surface area contributed by atoms with Crippen LogP contribution in [-0.4, -0.2) is 141 Å². The van der Waals surface area contributed by atoms with Crippen molar-refractivity contribution in [1.82, 2.24) is 49.3 Å². The maximum atomic E-state index is 12.1. The Morgan fingerprint density at radius 1 is 0.783 bits per heavy atom. The third kappa shape index (κ3) is 14.9. The minimum atomic E-state index is -3.67. The zero-order valence-electron chi connectivity index (χ0n) is 37.9. The normalized spacial score (nSPS) is 16.6. The van der Waals surface area contributed by atoms with Crippen LogP contribution in [0.3, 0.4) is 0 Å². The van der Waals surface area contributed by atoms with Crippen LogP contribution in [0, 0.1) is 43.6 Å². The van der Waals surface area contributed by atoms with E-state index in [0.29, 0.717) is 42.3 Å². The summed E-state index contributed by atoms with van der Waals surface area (Å²) in [5.74, 6) is 9.41. The second-order valence-electron chi connectivity index (χ2n) is 14.7. The standard InChI is InChI=1S/C22H19N5O4.C13H12NO2.C10H9ClN4O2.BF3.K/c1-14-7-10-23-27(14)18-13-17(20(28)29)24-19(25-18)16-5-3-4-15(12-16)6-8-22(31)9-11-26(2)21(22)30;1-14-10-9-13(16,12(14)15)8-7-11-5-3-2-4-6-11;1-6-3-4-12-15(6)8-5-7(9(16)17-2)13-10(11)14-8;2-1(3)4;/h3-5,7,10,12-13,31H,9,11H2,1-2H3,(H,28,29);2-3,5-6,16H,9-10H2,1H3;3-5H,1-2H3;;/q;-1;;;+1/t22-;13-;;;/m00.../s1. The molecule has 0 bridgehead atoms. The molecule has 2 fully saturated rings. The Balaban J connectivity index is 0.000000232. The maximum Gasteiger partial charge on any atom is 1.00 e. The molecule has 18 nitrogen and oxygen atoms in total. The summed E-state index contributed by atoms with van der Waals surface area (Å²) in [6.07, 6.45) is 3.83. The molecule has 0 spiro atoms. The number of esters is 1. The van der Waals surface area contributed by atoms with Crippen LogP contribution in [0.4, 0.5) is 12.9 Å². The Kier molecular flexibility index (Phi) is 19.9. The predicted molar refractivity (Wildman–Crippen MR) is 239 cm³/mol. The molecular formula is C45H40BClF3KN10O8. The number of carbonyl (C=O) groups is 4. The average molecular weight is 991 g/mol. The number of carboxylic acids is 1. The zero-order valence-corrected chi connectivity index (χ0v) is 41.7. The van der Waals surface area contributed by atoms with Crippen LogP contribution in [0.2, 0.25) is 5.28 Å². The minimum Gasteiger partial charge on any atom is -0.477 e. The number of likely N-dealkylation sites (N-methyl/N-ethyl adjacent to an activating group) is 2. The van der Waals surface area contributed by atoms with Crippen molar-refractivity contribution in [2.24, 2.45) is 0 Å². The van der Waals surface area contributed by atoms with Crippen molar-refractivity contribution >= 4 is 42.9 Å². The number of nitrogens with zero attached hydrogens (tertiary/aromatic N) is 10. The molecule has 8 rings (SSSR count). The molecule has 2 aromatic carbocycles. The van der Waals surface area contributed by atoms with Crippen LogP contribution in [0.15, 0.2) is 85.2 Å². The first kappa shape index (κ1) is 55.3. The molecule has 350 valence electrons. The number of benzene rings is 2. The fourth-order valence-corrected chi connectivity index (χ4v) is 6.40. The quantitative estimate of drug-likeness (QED) is 0.0720. The first-order chi connectivity index (χ1) is 32.2. The Hall–Kier alpha value is -6.28. The van der Waals surface area contributed by atoms with E-state index >= 15 is 0 Å². The van der Waals surface area contributed by atoms with Gasteiger partial charge in [-0.25, -0.2) is 33.9 Å². The van der Waals surface area contributed by atoms with E-state index in [1.807, 2.05) is 32.0 Å². The summed E-state index contributed by atoms with van der Waals surface area (Å²) in [5.41, 5.74) is 0.212. The Labute approximate surface area is 441 Å². The Morgan fingerprint density at radius 3 is 1.77 bits per heavy atom. The largest absolute Gasteiger partial charge is 1.00 e. The number of likely N-dealkylation sites (tertiary alicyclic amines) is 2. The monoisotopic (exact) mass is 990 g/mol. The molecule has 24 heteroatoms. The molecule has 0 radical (unpaired) electrons. The minimum absolute atomic E-state index is 0. The SMILES string of the molecule is CN1CC[C@@](O)(C#Cc2c[c-]ccc2)C1=O.COC(=O)c1cc(-n2nccc2C)nc(Cl)n1.Cc1ccnn1-c1cc(C(=O)O)nc(-c2cccc(C#C[C@]3(O)CCN(C)C3=O)c2)n1.FB(F)F.[K+]. The van der Waals surface area contributed by atoms with E-state index in [1.165, 1.54) is 33.7 Å². The van der Waals surface area contributed by atoms with Crippen LogP contribution in [0.25, 0.3) is 23.0 Å². The fourth-order valence-electron chi connectivity index (χ4n) is 6.22. The van der Waals surface area contributed by atoms with Gasteiger partial charge in [0.2, 0.25) is 16.5 Å². The van der Waals surface area contributed by atoms with Crippen molar-refractivity contribution in [2.45, 2.75) is 37.9 Å². The smallest absolute Gasteiger partial charge is 0.477 e. The first-order valence-corrected chi connectivity index (χ1v) is 20.4. The third-order valence-electron chi connectivity index (χ3n) is 9.78. The van der Waals surface area contributed by atoms with Gasteiger partial charge in [-0.15, -0.1) is 5.92 Å². The van der Waals surface area contributed by atoms with Crippen molar-refractivity contribution in [3.8, 4) is 46.7 Å². The van der Waals surface area contributed by atoms with Crippen molar-refractivity contribution < 1.29 is 104 Å². The van der Waals surface area contributed by atoms with Gasteiger partial charge in [0.15, 0.2) is 28.8 Å². The summed E-state index contributed by atoms with van der Waals surface area (Å²) >= 11 is 5.75. The number of carboxylic acid groups (broad SMARTS) is 1. The van der Waals surface area contributed by atoms with Crippen molar-refractivity contribution in [3.63, 3.8) is 0 Å². The molecule has 2 aliphatic rings.